The van der Waals surface area contributed by atoms with Crippen LogP contribution in [0.2, 0.25) is 0 Å². The molecule has 7 N–H and O–H groups in total. The Balaban J connectivity index is 4.67. The molecule has 0 atom stereocenters. The van der Waals surface area contributed by atoms with Gasteiger partial charge in [-0.15, -0.1) is 0 Å². The molecule has 0 saturated heterocycles. The largest absolute Gasteiger partial charge is 0.477 e. The van der Waals surface area contributed by atoms with Crippen molar-refractivity contribution in [3.05, 3.63) is 11.4 Å². The van der Waals surface area contributed by atoms with Crippen LogP contribution in [0.5, 0.6) is 0 Å². The summed E-state index contributed by atoms with van der Waals surface area (Å²) in [6.07, 6.45) is 0. The Morgan fingerprint density at radius 1 is 1.00 bits per heavy atom. The first kappa shape index (κ1) is 8.28. The number of amides is 1. The molecular weight excluding hydrogens is 138 g/mol. The summed E-state index contributed by atoms with van der Waals surface area (Å²) >= 11 is 0. The monoisotopic (exact) mass is 145 g/mol. The minimum atomic E-state index is -1.46. The third-order valence-electron chi connectivity index (χ3n) is 0.786. The van der Waals surface area contributed by atoms with E-state index in [9.17, 15) is 9.59 Å². The Morgan fingerprint density at radius 2 is 1.40 bits per heavy atom. The molecule has 0 aliphatic carbocycles. The molecule has 0 aromatic rings. The maximum Gasteiger partial charge on any atom is 0.354 e. The number of carboxylic acids is 1. The van der Waals surface area contributed by atoms with Crippen LogP contribution in [-0.4, -0.2) is 17.0 Å². The highest BCUT2D eigenvalue weighted by Gasteiger charge is 2.10. The Kier molecular flexibility index (Phi) is 2.25. The van der Waals surface area contributed by atoms with Crippen molar-refractivity contribution in [3.63, 3.8) is 0 Å². The molecule has 0 rings (SSSR count). The van der Waals surface area contributed by atoms with E-state index in [0.29, 0.717) is 0 Å². The van der Waals surface area contributed by atoms with Crippen LogP contribution in [0.15, 0.2) is 11.4 Å². The Labute approximate surface area is 56.3 Å². The molecule has 0 saturated carbocycles. The lowest BCUT2D eigenvalue weighted by Crippen LogP contribution is -2.27. The minimum absolute atomic E-state index is 0.632. The van der Waals surface area contributed by atoms with E-state index in [0.717, 1.165) is 0 Å². The van der Waals surface area contributed by atoms with Gasteiger partial charge in [0.15, 0.2) is 0 Å². The molecule has 0 aromatic heterocycles. The second kappa shape index (κ2) is 2.72. The molecule has 0 aliphatic rings. The highest BCUT2D eigenvalue weighted by atomic mass is 16.4. The lowest BCUT2D eigenvalue weighted by molar-refractivity contribution is -0.133. The normalized spacial score (nSPS) is 12.0. The Bertz CT molecular complexity index is 186. The predicted octanol–water partition coefficient (Wildman–Crippen LogP) is -2.31. The molecule has 0 aliphatic heterocycles. The van der Waals surface area contributed by atoms with Crippen LogP contribution in [0.3, 0.4) is 0 Å². The standard InChI is InChI=1S/C4H7N3O3/c5-1(3(7)8)2(6)4(9)10/h5-6H2,(H2,7,8)(H,9,10)/b2-1-. The molecule has 0 radical (unpaired) electrons. The van der Waals surface area contributed by atoms with Crippen molar-refractivity contribution in [2.24, 2.45) is 17.2 Å². The zero-order valence-corrected chi connectivity index (χ0v) is 5.00. The molecule has 0 unspecified atom stereocenters. The summed E-state index contributed by atoms with van der Waals surface area (Å²) in [6.45, 7) is 0. The lowest BCUT2D eigenvalue weighted by Gasteiger charge is -1.96. The average molecular weight is 145 g/mol. The van der Waals surface area contributed by atoms with Gasteiger partial charge in [0.25, 0.3) is 5.91 Å². The fourth-order valence-electron chi connectivity index (χ4n) is 0.248. The van der Waals surface area contributed by atoms with Crippen molar-refractivity contribution >= 4 is 11.9 Å². The molecule has 0 bridgehead atoms. The molecule has 10 heavy (non-hydrogen) atoms. The van der Waals surface area contributed by atoms with E-state index in [-0.39, 0.29) is 0 Å². The lowest BCUT2D eigenvalue weighted by atomic mass is 10.3. The summed E-state index contributed by atoms with van der Waals surface area (Å²) in [5.74, 6) is -2.50. The third-order valence-corrected chi connectivity index (χ3v) is 0.786. The number of carbonyl (C=O) groups excluding carboxylic acids is 1. The van der Waals surface area contributed by atoms with E-state index in [2.05, 4.69) is 5.73 Å². The first-order valence-corrected chi connectivity index (χ1v) is 2.25. The van der Waals surface area contributed by atoms with Gasteiger partial charge in [-0.2, -0.15) is 0 Å². The average Bonchev–Trinajstić information content (AvgIpc) is 1.84. The van der Waals surface area contributed by atoms with Crippen LogP contribution in [-0.2, 0) is 9.59 Å². The number of hydrogen-bond donors (Lipinski definition) is 4. The van der Waals surface area contributed by atoms with Crippen LogP contribution in [0.1, 0.15) is 0 Å². The van der Waals surface area contributed by atoms with Crippen LogP contribution < -0.4 is 17.2 Å². The zero-order valence-electron chi connectivity index (χ0n) is 5.00. The maximum absolute atomic E-state index is 10.1. The van der Waals surface area contributed by atoms with Gasteiger partial charge in [0.1, 0.15) is 11.4 Å². The van der Waals surface area contributed by atoms with Crippen molar-refractivity contribution in [1.29, 1.82) is 0 Å². The van der Waals surface area contributed by atoms with Gasteiger partial charge in [-0.1, -0.05) is 0 Å². The van der Waals surface area contributed by atoms with Crippen molar-refractivity contribution in [3.8, 4) is 0 Å². The number of aliphatic carboxylic acids is 1. The third kappa shape index (κ3) is 1.66. The number of rotatable bonds is 2. The smallest absolute Gasteiger partial charge is 0.354 e. The summed E-state index contributed by atoms with van der Waals surface area (Å²) in [6, 6.07) is 0. The van der Waals surface area contributed by atoms with E-state index in [4.69, 9.17) is 16.6 Å². The molecule has 0 spiro atoms. The summed E-state index contributed by atoms with van der Waals surface area (Å²) < 4.78 is 0. The molecule has 56 valence electrons. The van der Waals surface area contributed by atoms with Gasteiger partial charge in [-0.05, 0) is 0 Å². The van der Waals surface area contributed by atoms with Gasteiger partial charge >= 0.3 is 5.97 Å². The van der Waals surface area contributed by atoms with Crippen molar-refractivity contribution in [2.75, 3.05) is 0 Å². The first-order chi connectivity index (χ1) is 4.46. The highest BCUT2D eigenvalue weighted by molar-refractivity contribution is 5.99. The number of nitrogens with two attached hydrogens (primary N) is 3. The van der Waals surface area contributed by atoms with E-state index < -0.39 is 23.3 Å². The van der Waals surface area contributed by atoms with E-state index in [1.165, 1.54) is 0 Å². The molecule has 0 fully saturated rings. The zero-order chi connectivity index (χ0) is 8.31. The fraction of sp³-hybridized carbons (Fsp3) is 0. The number of hydrogen-bond acceptors (Lipinski definition) is 4. The topological polar surface area (TPSA) is 132 Å². The summed E-state index contributed by atoms with van der Waals surface area (Å²) in [4.78, 5) is 20.1. The quantitative estimate of drug-likeness (QED) is 0.324. The summed E-state index contributed by atoms with van der Waals surface area (Å²) in [5, 5.41) is 8.13. The van der Waals surface area contributed by atoms with Crippen LogP contribution in [0.4, 0.5) is 0 Å². The molecule has 1 amide bonds. The van der Waals surface area contributed by atoms with Crippen molar-refractivity contribution < 1.29 is 14.7 Å². The summed E-state index contributed by atoms with van der Waals surface area (Å²) in [7, 11) is 0. The van der Waals surface area contributed by atoms with Gasteiger partial charge in [0.05, 0.1) is 0 Å². The molecule has 0 aromatic carbocycles. The maximum atomic E-state index is 10.1. The predicted molar refractivity (Wildman–Crippen MR) is 32.2 cm³/mol. The number of primary amides is 1. The number of carbonyl (C=O) groups is 2. The molecule has 6 nitrogen and oxygen atoms in total. The number of carboxylic acid groups (broad SMARTS) is 1. The molecular formula is C4H7N3O3. The highest BCUT2D eigenvalue weighted by Crippen LogP contribution is 1.88. The first-order valence-electron chi connectivity index (χ1n) is 2.25. The fourth-order valence-corrected chi connectivity index (χ4v) is 0.248. The van der Waals surface area contributed by atoms with Crippen molar-refractivity contribution in [2.45, 2.75) is 0 Å². The Morgan fingerprint density at radius 3 is 1.50 bits per heavy atom. The van der Waals surface area contributed by atoms with Crippen LogP contribution in [0.25, 0.3) is 0 Å². The van der Waals surface area contributed by atoms with E-state index in [1.807, 2.05) is 0 Å². The van der Waals surface area contributed by atoms with E-state index in [1.54, 1.807) is 0 Å². The SMILES string of the molecule is NC(=O)/C(N)=C(/N)C(=O)O. The summed E-state index contributed by atoms with van der Waals surface area (Å²) in [5.41, 5.74) is 12.9. The van der Waals surface area contributed by atoms with Gasteiger partial charge in [-0.25, -0.2) is 4.79 Å². The second-order valence-corrected chi connectivity index (χ2v) is 1.50. The van der Waals surface area contributed by atoms with Crippen molar-refractivity contribution in [1.82, 2.24) is 0 Å². The van der Waals surface area contributed by atoms with Gasteiger partial charge in [0.2, 0.25) is 0 Å². The van der Waals surface area contributed by atoms with Gasteiger partial charge in [0, 0.05) is 0 Å². The van der Waals surface area contributed by atoms with Crippen LogP contribution in [0, 0.1) is 0 Å². The van der Waals surface area contributed by atoms with Gasteiger partial charge in [-0.3, -0.25) is 4.79 Å². The molecule has 6 heteroatoms. The second-order valence-electron chi connectivity index (χ2n) is 1.50. The van der Waals surface area contributed by atoms with Crippen LogP contribution >= 0.6 is 0 Å². The van der Waals surface area contributed by atoms with Gasteiger partial charge < -0.3 is 22.3 Å². The van der Waals surface area contributed by atoms with E-state index >= 15 is 0 Å². The molecule has 0 heterocycles. The minimum Gasteiger partial charge on any atom is -0.477 e. The Hall–Kier alpha value is -1.72.